The first-order valence-corrected chi connectivity index (χ1v) is 10.3. The molecule has 0 radical (unpaired) electrons. The number of likely N-dealkylation sites (N-methyl/N-ethyl adjacent to an activating group) is 1. The molecule has 2 aromatic rings. The number of halogens is 2. The predicted molar refractivity (Wildman–Crippen MR) is 112 cm³/mol. The minimum atomic E-state index is -0.576. The number of hydrogen-bond donors (Lipinski definition) is 0. The molecular weight excluding hydrogens is 388 g/mol. The molecule has 0 bridgehead atoms. The van der Waals surface area contributed by atoms with Gasteiger partial charge in [-0.3, -0.25) is 14.6 Å². The van der Waals surface area contributed by atoms with Crippen LogP contribution in [0.1, 0.15) is 18.1 Å². The Kier molecular flexibility index (Phi) is 7.76. The number of nitrogens with zero attached hydrogens (tertiary/aromatic N) is 3. The molecule has 0 aliphatic carbocycles. The van der Waals surface area contributed by atoms with Crippen molar-refractivity contribution in [2.24, 2.45) is 0 Å². The monoisotopic (exact) mass is 417 g/mol. The highest BCUT2D eigenvalue weighted by Crippen LogP contribution is 2.16. The van der Waals surface area contributed by atoms with Crippen molar-refractivity contribution < 1.29 is 18.3 Å². The Morgan fingerprint density at radius 3 is 2.23 bits per heavy atom. The van der Waals surface area contributed by atoms with Gasteiger partial charge >= 0.3 is 0 Å². The quantitative estimate of drug-likeness (QED) is 0.661. The topological polar surface area (TPSA) is 36.0 Å². The molecule has 0 atom stereocenters. The zero-order valence-corrected chi connectivity index (χ0v) is 17.6. The largest absolute Gasteiger partial charge is 0.497 e. The number of carbonyl (C=O) groups excluding carboxylic acids is 1. The maximum atomic E-state index is 13.9. The fraction of sp³-hybridized carbons (Fsp3) is 0.435. The average Bonchev–Trinajstić information content (AvgIpc) is 2.76. The normalized spacial score (nSPS) is 14.9. The van der Waals surface area contributed by atoms with Crippen molar-refractivity contribution in [3.63, 3.8) is 0 Å². The summed E-state index contributed by atoms with van der Waals surface area (Å²) < 4.78 is 33.0. The second kappa shape index (κ2) is 10.5. The van der Waals surface area contributed by atoms with Crippen LogP contribution in [0, 0.1) is 11.6 Å². The van der Waals surface area contributed by atoms with Gasteiger partial charge in [-0.1, -0.05) is 25.1 Å². The van der Waals surface area contributed by atoms with Crippen molar-refractivity contribution in [3.05, 3.63) is 65.2 Å². The summed E-state index contributed by atoms with van der Waals surface area (Å²) in [5.74, 6) is -0.316. The smallest absolute Gasteiger partial charge is 0.236 e. The van der Waals surface area contributed by atoms with Gasteiger partial charge in [-0.15, -0.1) is 0 Å². The van der Waals surface area contributed by atoms with Crippen molar-refractivity contribution in [3.8, 4) is 5.75 Å². The van der Waals surface area contributed by atoms with Crippen LogP contribution in [0.4, 0.5) is 8.78 Å². The summed E-state index contributed by atoms with van der Waals surface area (Å²) in [6, 6.07) is 11.8. The van der Waals surface area contributed by atoms with Crippen LogP contribution in [-0.4, -0.2) is 67.0 Å². The van der Waals surface area contributed by atoms with E-state index in [4.69, 9.17) is 4.74 Å². The van der Waals surface area contributed by atoms with Gasteiger partial charge in [-0.2, -0.15) is 0 Å². The molecule has 0 spiro atoms. The molecule has 0 unspecified atom stereocenters. The van der Waals surface area contributed by atoms with Crippen LogP contribution in [0.3, 0.4) is 0 Å². The van der Waals surface area contributed by atoms with Gasteiger partial charge in [0, 0.05) is 44.8 Å². The van der Waals surface area contributed by atoms with Crippen LogP contribution < -0.4 is 4.74 Å². The Morgan fingerprint density at radius 2 is 1.67 bits per heavy atom. The fourth-order valence-corrected chi connectivity index (χ4v) is 3.62. The Balaban J connectivity index is 1.49. The Morgan fingerprint density at radius 1 is 1.03 bits per heavy atom. The van der Waals surface area contributed by atoms with E-state index >= 15 is 0 Å². The fourth-order valence-electron chi connectivity index (χ4n) is 3.62. The number of carbonyl (C=O) groups is 1. The third-order valence-corrected chi connectivity index (χ3v) is 5.54. The van der Waals surface area contributed by atoms with E-state index in [1.165, 1.54) is 23.8 Å². The molecule has 2 aromatic carbocycles. The van der Waals surface area contributed by atoms with E-state index in [0.717, 1.165) is 25.4 Å². The highest BCUT2D eigenvalue weighted by Gasteiger charge is 2.23. The van der Waals surface area contributed by atoms with Crippen molar-refractivity contribution in [1.29, 1.82) is 0 Å². The number of amides is 1. The number of ether oxygens (including phenoxy) is 1. The molecule has 1 amide bonds. The lowest BCUT2D eigenvalue weighted by molar-refractivity contribution is -0.134. The Hall–Kier alpha value is -2.51. The second-order valence-corrected chi connectivity index (χ2v) is 7.51. The lowest BCUT2D eigenvalue weighted by atomic mass is 10.1. The van der Waals surface area contributed by atoms with Crippen LogP contribution in [-0.2, 0) is 17.9 Å². The highest BCUT2D eigenvalue weighted by atomic mass is 19.1. The molecule has 3 rings (SSSR count). The maximum absolute atomic E-state index is 13.9. The number of rotatable bonds is 8. The number of piperazine rings is 1. The minimum Gasteiger partial charge on any atom is -0.497 e. The summed E-state index contributed by atoms with van der Waals surface area (Å²) in [4.78, 5) is 18.7. The van der Waals surface area contributed by atoms with Crippen molar-refractivity contribution in [2.45, 2.75) is 20.0 Å². The zero-order chi connectivity index (χ0) is 21.5. The molecule has 7 heteroatoms. The first-order valence-electron chi connectivity index (χ1n) is 10.3. The summed E-state index contributed by atoms with van der Waals surface area (Å²) in [7, 11) is 1.65. The molecule has 1 aliphatic rings. The first-order chi connectivity index (χ1) is 14.5. The Labute approximate surface area is 176 Å². The molecule has 0 aromatic heterocycles. The van der Waals surface area contributed by atoms with Gasteiger partial charge < -0.3 is 9.64 Å². The molecule has 0 N–H and O–H groups in total. The van der Waals surface area contributed by atoms with E-state index < -0.39 is 11.6 Å². The van der Waals surface area contributed by atoms with E-state index in [-0.39, 0.29) is 24.6 Å². The summed E-state index contributed by atoms with van der Waals surface area (Å²) in [6.45, 7) is 6.40. The van der Waals surface area contributed by atoms with Gasteiger partial charge in [0.25, 0.3) is 0 Å². The average molecular weight is 418 g/mol. The number of hydrogen-bond acceptors (Lipinski definition) is 4. The molecule has 5 nitrogen and oxygen atoms in total. The molecule has 0 saturated carbocycles. The molecule has 1 saturated heterocycles. The van der Waals surface area contributed by atoms with Crippen LogP contribution in [0.25, 0.3) is 0 Å². The minimum absolute atomic E-state index is 0.00213. The van der Waals surface area contributed by atoms with E-state index in [1.807, 2.05) is 24.0 Å². The molecule has 30 heavy (non-hydrogen) atoms. The second-order valence-electron chi connectivity index (χ2n) is 7.51. The highest BCUT2D eigenvalue weighted by molar-refractivity contribution is 5.78. The van der Waals surface area contributed by atoms with Crippen LogP contribution in [0.15, 0.2) is 42.5 Å². The van der Waals surface area contributed by atoms with Crippen molar-refractivity contribution >= 4 is 5.91 Å². The number of methoxy groups -OCH3 is 1. The first kappa shape index (κ1) is 22.2. The lowest BCUT2D eigenvalue weighted by Gasteiger charge is -2.35. The van der Waals surface area contributed by atoms with Gasteiger partial charge in [0.1, 0.15) is 17.4 Å². The van der Waals surface area contributed by atoms with Gasteiger partial charge in [-0.25, -0.2) is 8.78 Å². The van der Waals surface area contributed by atoms with Gasteiger partial charge in [0.05, 0.1) is 13.7 Å². The van der Waals surface area contributed by atoms with Crippen molar-refractivity contribution in [1.82, 2.24) is 14.7 Å². The summed E-state index contributed by atoms with van der Waals surface area (Å²) in [6.07, 6.45) is 0. The van der Waals surface area contributed by atoms with Gasteiger partial charge in [0.2, 0.25) is 5.91 Å². The maximum Gasteiger partial charge on any atom is 0.236 e. The third kappa shape index (κ3) is 5.77. The van der Waals surface area contributed by atoms with Gasteiger partial charge in [-0.05, 0) is 36.4 Å². The SMILES string of the molecule is CCN(CC(=O)N1CCN(Cc2ccc(OC)cc2)CC1)Cc1c(F)cccc1F. The van der Waals surface area contributed by atoms with Gasteiger partial charge in [0.15, 0.2) is 0 Å². The lowest BCUT2D eigenvalue weighted by Crippen LogP contribution is -2.50. The molecule has 1 heterocycles. The van der Waals surface area contributed by atoms with E-state index in [1.54, 1.807) is 12.0 Å². The summed E-state index contributed by atoms with van der Waals surface area (Å²) >= 11 is 0. The Bertz CT molecular complexity index is 817. The third-order valence-electron chi connectivity index (χ3n) is 5.54. The van der Waals surface area contributed by atoms with E-state index in [9.17, 15) is 13.6 Å². The standard InChI is InChI=1S/C23H29F2N3O2/c1-3-26(16-20-21(24)5-4-6-22(20)25)17-23(29)28-13-11-27(12-14-28)15-18-7-9-19(30-2)10-8-18/h4-10H,3,11-17H2,1-2H3. The molecule has 1 fully saturated rings. The number of benzene rings is 2. The van der Waals surface area contributed by atoms with Crippen molar-refractivity contribution in [2.75, 3.05) is 46.4 Å². The van der Waals surface area contributed by atoms with Crippen LogP contribution >= 0.6 is 0 Å². The molecule has 1 aliphatic heterocycles. The van der Waals surface area contributed by atoms with Crippen LogP contribution in [0.5, 0.6) is 5.75 Å². The van der Waals surface area contributed by atoms with E-state index in [0.29, 0.717) is 19.6 Å². The van der Waals surface area contributed by atoms with Crippen LogP contribution in [0.2, 0.25) is 0 Å². The summed E-state index contributed by atoms with van der Waals surface area (Å²) in [5.41, 5.74) is 1.22. The summed E-state index contributed by atoms with van der Waals surface area (Å²) in [5, 5.41) is 0. The molecular formula is C23H29F2N3O2. The van der Waals surface area contributed by atoms with E-state index in [2.05, 4.69) is 17.0 Å². The molecule has 162 valence electrons. The predicted octanol–water partition coefficient (Wildman–Crippen LogP) is 3.14. The zero-order valence-electron chi connectivity index (χ0n) is 17.6.